The molecule has 3 aromatic rings. The minimum Gasteiger partial charge on any atom is -0.493 e. The number of nitrogens with zero attached hydrogens (tertiary/aromatic N) is 2. The highest BCUT2D eigenvalue weighted by atomic mass is 16.5. The predicted molar refractivity (Wildman–Crippen MR) is 113 cm³/mol. The normalized spacial score (nSPS) is 15.6. The summed E-state index contributed by atoms with van der Waals surface area (Å²) in [5.74, 6) is 1.86. The second-order valence-corrected chi connectivity index (χ2v) is 7.38. The van der Waals surface area contributed by atoms with Crippen molar-refractivity contribution in [2.45, 2.75) is 32.7 Å². The molecule has 1 amide bonds. The van der Waals surface area contributed by atoms with Crippen LogP contribution in [0.4, 0.5) is 0 Å². The summed E-state index contributed by atoms with van der Waals surface area (Å²) >= 11 is 0. The van der Waals surface area contributed by atoms with E-state index in [4.69, 9.17) is 14.0 Å². The largest absolute Gasteiger partial charge is 0.493 e. The molecule has 1 aromatic heterocycles. The number of aromatic nitrogens is 1. The van der Waals surface area contributed by atoms with E-state index in [1.807, 2.05) is 42.2 Å². The predicted octanol–water partition coefficient (Wildman–Crippen LogP) is 4.35. The molecule has 1 aliphatic heterocycles. The van der Waals surface area contributed by atoms with Crippen molar-refractivity contribution in [3.63, 3.8) is 0 Å². The number of ether oxygens (including phenoxy) is 2. The fourth-order valence-corrected chi connectivity index (χ4v) is 4.24. The van der Waals surface area contributed by atoms with Gasteiger partial charge in [0.25, 0.3) is 5.91 Å². The summed E-state index contributed by atoms with van der Waals surface area (Å²) in [6.07, 6.45) is 1.38. The number of methoxy groups -OCH3 is 2. The Kier molecular flexibility index (Phi) is 5.48. The SMILES string of the molecule is CCc1noc(C)c1C(=O)N1CCc2cc(OC)c(OC)cc2C1c1ccccc1. The Labute approximate surface area is 176 Å². The zero-order chi connectivity index (χ0) is 21.3. The highest BCUT2D eigenvalue weighted by Crippen LogP contribution is 2.41. The maximum Gasteiger partial charge on any atom is 0.260 e. The topological polar surface area (TPSA) is 64.8 Å². The Bertz CT molecular complexity index is 1060. The Hall–Kier alpha value is -3.28. The van der Waals surface area contributed by atoms with Crippen LogP contribution in [0, 0.1) is 6.92 Å². The molecule has 4 rings (SSSR count). The number of hydrogen-bond acceptors (Lipinski definition) is 5. The minimum atomic E-state index is -0.235. The smallest absolute Gasteiger partial charge is 0.260 e. The van der Waals surface area contributed by atoms with Crippen LogP contribution >= 0.6 is 0 Å². The minimum absolute atomic E-state index is 0.0557. The van der Waals surface area contributed by atoms with Crippen molar-refractivity contribution in [2.24, 2.45) is 0 Å². The third-order valence-electron chi connectivity index (χ3n) is 5.73. The van der Waals surface area contributed by atoms with Crippen molar-refractivity contribution in [3.05, 3.63) is 76.2 Å². The molecule has 2 heterocycles. The fraction of sp³-hybridized carbons (Fsp3) is 0.333. The van der Waals surface area contributed by atoms with Gasteiger partial charge in [0.05, 0.1) is 26.0 Å². The second kappa shape index (κ2) is 8.22. The van der Waals surface area contributed by atoms with E-state index in [-0.39, 0.29) is 11.9 Å². The van der Waals surface area contributed by atoms with Gasteiger partial charge >= 0.3 is 0 Å². The molecular weight excluding hydrogens is 380 g/mol. The van der Waals surface area contributed by atoms with Crippen molar-refractivity contribution in [1.82, 2.24) is 10.1 Å². The summed E-state index contributed by atoms with van der Waals surface area (Å²) < 4.78 is 16.4. The van der Waals surface area contributed by atoms with Crippen molar-refractivity contribution < 1.29 is 18.8 Å². The molecule has 6 nitrogen and oxygen atoms in total. The molecule has 1 aliphatic rings. The summed E-state index contributed by atoms with van der Waals surface area (Å²) in [6.45, 7) is 4.36. The van der Waals surface area contributed by atoms with Gasteiger partial charge in [0.2, 0.25) is 0 Å². The Morgan fingerprint density at radius 3 is 2.53 bits per heavy atom. The van der Waals surface area contributed by atoms with Gasteiger partial charge in [-0.25, -0.2) is 0 Å². The van der Waals surface area contributed by atoms with Crippen molar-refractivity contribution in [1.29, 1.82) is 0 Å². The first kappa shape index (κ1) is 20.0. The first-order valence-corrected chi connectivity index (χ1v) is 10.1. The number of benzene rings is 2. The van der Waals surface area contributed by atoms with Gasteiger partial charge in [-0.05, 0) is 48.6 Å². The van der Waals surface area contributed by atoms with Gasteiger partial charge in [-0.2, -0.15) is 0 Å². The molecule has 0 spiro atoms. The monoisotopic (exact) mass is 406 g/mol. The highest BCUT2D eigenvalue weighted by molar-refractivity contribution is 5.97. The number of fused-ring (bicyclic) bond motifs is 1. The average molecular weight is 406 g/mol. The molecule has 0 bridgehead atoms. The quantitative estimate of drug-likeness (QED) is 0.630. The molecule has 0 fully saturated rings. The highest BCUT2D eigenvalue weighted by Gasteiger charge is 2.36. The number of hydrogen-bond donors (Lipinski definition) is 0. The summed E-state index contributed by atoms with van der Waals surface area (Å²) in [6, 6.07) is 13.9. The summed E-state index contributed by atoms with van der Waals surface area (Å²) in [7, 11) is 3.26. The Balaban J connectivity index is 1.86. The van der Waals surface area contributed by atoms with Gasteiger partial charge in [0.1, 0.15) is 11.3 Å². The van der Waals surface area contributed by atoms with Crippen LogP contribution in [0.2, 0.25) is 0 Å². The third kappa shape index (κ3) is 3.32. The van der Waals surface area contributed by atoms with Crippen molar-refractivity contribution in [3.8, 4) is 11.5 Å². The van der Waals surface area contributed by atoms with Crippen molar-refractivity contribution in [2.75, 3.05) is 20.8 Å². The van der Waals surface area contributed by atoms with Crippen LogP contribution in [-0.2, 0) is 12.8 Å². The maximum atomic E-state index is 13.7. The molecule has 6 heteroatoms. The van der Waals surface area contributed by atoms with Crippen LogP contribution in [-0.4, -0.2) is 36.7 Å². The zero-order valence-corrected chi connectivity index (χ0v) is 17.8. The van der Waals surface area contributed by atoms with Crippen LogP contribution in [0.1, 0.15) is 51.5 Å². The lowest BCUT2D eigenvalue weighted by atomic mass is 9.87. The van der Waals surface area contributed by atoms with Crippen LogP contribution in [0.5, 0.6) is 11.5 Å². The van der Waals surface area contributed by atoms with Gasteiger partial charge in [-0.15, -0.1) is 0 Å². The molecule has 1 atom stereocenters. The summed E-state index contributed by atoms with van der Waals surface area (Å²) in [5.41, 5.74) is 4.52. The lowest BCUT2D eigenvalue weighted by Gasteiger charge is -2.38. The average Bonchev–Trinajstić information content (AvgIpc) is 3.17. The van der Waals surface area contributed by atoms with E-state index in [1.165, 1.54) is 0 Å². The lowest BCUT2D eigenvalue weighted by Crippen LogP contribution is -2.41. The van der Waals surface area contributed by atoms with Crippen LogP contribution in [0.25, 0.3) is 0 Å². The van der Waals surface area contributed by atoms with E-state index in [9.17, 15) is 4.79 Å². The van der Waals surface area contributed by atoms with Crippen LogP contribution in [0.3, 0.4) is 0 Å². The zero-order valence-electron chi connectivity index (χ0n) is 17.8. The summed E-state index contributed by atoms with van der Waals surface area (Å²) in [4.78, 5) is 15.6. The Morgan fingerprint density at radius 2 is 1.87 bits per heavy atom. The Morgan fingerprint density at radius 1 is 1.17 bits per heavy atom. The number of carbonyl (C=O) groups is 1. The van der Waals surface area contributed by atoms with E-state index >= 15 is 0 Å². The van der Waals surface area contributed by atoms with Crippen LogP contribution in [0.15, 0.2) is 47.0 Å². The van der Waals surface area contributed by atoms with E-state index in [0.717, 1.165) is 23.1 Å². The maximum absolute atomic E-state index is 13.7. The van der Waals surface area contributed by atoms with E-state index in [1.54, 1.807) is 21.1 Å². The van der Waals surface area contributed by atoms with E-state index < -0.39 is 0 Å². The van der Waals surface area contributed by atoms with E-state index in [0.29, 0.717) is 41.5 Å². The second-order valence-electron chi connectivity index (χ2n) is 7.38. The van der Waals surface area contributed by atoms with Gasteiger partial charge in [-0.1, -0.05) is 42.4 Å². The molecule has 0 N–H and O–H groups in total. The standard InChI is InChI=1S/C24H26N2O4/c1-5-19-22(15(2)30-25-19)24(27)26-12-11-17-13-20(28-3)21(29-4)14-18(17)23(26)16-9-7-6-8-10-16/h6-10,13-14,23H,5,11-12H2,1-4H3. The molecule has 2 aromatic carbocycles. The number of aryl methyl sites for hydroxylation is 2. The number of amides is 1. The van der Waals surface area contributed by atoms with Gasteiger partial charge in [0, 0.05) is 6.54 Å². The molecular formula is C24H26N2O4. The molecule has 0 radical (unpaired) electrons. The van der Waals surface area contributed by atoms with Gasteiger partial charge in [-0.3, -0.25) is 4.79 Å². The number of carbonyl (C=O) groups excluding carboxylic acids is 1. The first-order chi connectivity index (χ1) is 14.6. The molecule has 1 unspecified atom stereocenters. The van der Waals surface area contributed by atoms with E-state index in [2.05, 4.69) is 17.3 Å². The molecule has 0 saturated carbocycles. The van der Waals surface area contributed by atoms with Crippen LogP contribution < -0.4 is 9.47 Å². The third-order valence-corrected chi connectivity index (χ3v) is 5.73. The van der Waals surface area contributed by atoms with Gasteiger partial charge < -0.3 is 18.9 Å². The summed E-state index contributed by atoms with van der Waals surface area (Å²) in [5, 5.41) is 4.08. The molecule has 30 heavy (non-hydrogen) atoms. The van der Waals surface area contributed by atoms with Gasteiger partial charge in [0.15, 0.2) is 11.5 Å². The molecule has 0 aliphatic carbocycles. The first-order valence-electron chi connectivity index (χ1n) is 10.1. The van der Waals surface area contributed by atoms with Crippen molar-refractivity contribution >= 4 is 5.91 Å². The molecule has 156 valence electrons. The number of rotatable bonds is 5. The lowest BCUT2D eigenvalue weighted by molar-refractivity contribution is 0.0691. The molecule has 0 saturated heterocycles. The fourth-order valence-electron chi connectivity index (χ4n) is 4.24.